The van der Waals surface area contributed by atoms with E-state index < -0.39 is 17.4 Å². The quantitative estimate of drug-likeness (QED) is 0.228. The Morgan fingerprint density at radius 2 is 1.74 bits per heavy atom. The van der Waals surface area contributed by atoms with E-state index in [9.17, 15) is 18.0 Å². The van der Waals surface area contributed by atoms with Gasteiger partial charge in [0.1, 0.15) is 17.1 Å². The van der Waals surface area contributed by atoms with Crippen LogP contribution in [-0.2, 0) is 24.0 Å². The molecule has 0 N–H and O–H groups in total. The van der Waals surface area contributed by atoms with Crippen LogP contribution in [0.2, 0.25) is 0 Å². The van der Waals surface area contributed by atoms with Crippen molar-refractivity contribution in [1.82, 2.24) is 14.0 Å². The van der Waals surface area contributed by atoms with Crippen molar-refractivity contribution in [2.24, 2.45) is 0 Å². The molecule has 0 aliphatic carbocycles. The number of methoxy groups -OCH3 is 2. The van der Waals surface area contributed by atoms with E-state index in [1.807, 2.05) is 18.0 Å². The number of imidazole rings is 1. The number of para-hydroxylation sites is 2. The standard InChI is InChI=1S/C31H34F4N4O3/c1-36(16-17-41-2)18-22-9-6-11-25(32)28(22)37-15-14-23(20-37)39-26-12-7-13-27(42-3)29(26)38(30(39)40)19-21-8-4-5-10-24(21)31(33,34)35/h4-13,23H,14-20H2,1-3H3/t23-/m1/s1. The Morgan fingerprint density at radius 3 is 2.48 bits per heavy atom. The maximum atomic E-state index is 15.3. The van der Waals surface area contributed by atoms with Crippen molar-refractivity contribution in [3.05, 3.63) is 93.7 Å². The van der Waals surface area contributed by atoms with Gasteiger partial charge in [0.2, 0.25) is 0 Å². The molecule has 0 radical (unpaired) electrons. The number of rotatable bonds is 10. The van der Waals surface area contributed by atoms with E-state index in [0.29, 0.717) is 61.7 Å². The SMILES string of the molecule is COCCN(C)Cc1cccc(F)c1N1CC[C@@H](n2c(=O)n(Cc3ccccc3C(F)(F)F)c3c(OC)cccc32)C1. The highest BCUT2D eigenvalue weighted by Gasteiger charge is 2.35. The second kappa shape index (κ2) is 12.2. The van der Waals surface area contributed by atoms with Crippen molar-refractivity contribution in [2.45, 2.75) is 31.7 Å². The van der Waals surface area contributed by atoms with Gasteiger partial charge in [-0.05, 0) is 48.9 Å². The number of halogens is 4. The van der Waals surface area contributed by atoms with Crippen LogP contribution < -0.4 is 15.3 Å². The summed E-state index contributed by atoms with van der Waals surface area (Å²) in [6, 6.07) is 15.2. The average molecular weight is 587 g/mol. The first-order valence-electron chi connectivity index (χ1n) is 13.8. The normalized spacial score (nSPS) is 15.7. The molecule has 5 rings (SSSR count). The molecule has 0 unspecified atom stereocenters. The van der Waals surface area contributed by atoms with Crippen LogP contribution >= 0.6 is 0 Å². The average Bonchev–Trinajstić information content (AvgIpc) is 3.54. The Hall–Kier alpha value is -3.83. The Balaban J connectivity index is 1.53. The van der Waals surface area contributed by atoms with E-state index in [1.165, 1.54) is 35.9 Å². The van der Waals surface area contributed by atoms with Crippen LogP contribution in [0.25, 0.3) is 11.0 Å². The van der Waals surface area contributed by atoms with E-state index in [2.05, 4.69) is 4.90 Å². The highest BCUT2D eigenvalue weighted by Crippen LogP contribution is 2.36. The summed E-state index contributed by atoms with van der Waals surface area (Å²) in [6.07, 6.45) is -4.01. The minimum Gasteiger partial charge on any atom is -0.494 e. The van der Waals surface area contributed by atoms with Crippen LogP contribution in [0.1, 0.15) is 29.2 Å². The molecule has 7 nitrogen and oxygen atoms in total. The lowest BCUT2D eigenvalue weighted by Crippen LogP contribution is -2.31. The molecule has 0 saturated carbocycles. The molecule has 0 amide bonds. The Kier molecular flexibility index (Phi) is 8.60. The molecular formula is C31H34F4N4O3. The summed E-state index contributed by atoms with van der Waals surface area (Å²) < 4.78 is 70.4. The second-order valence-electron chi connectivity index (χ2n) is 10.6. The lowest BCUT2D eigenvalue weighted by atomic mass is 10.1. The largest absolute Gasteiger partial charge is 0.494 e. The van der Waals surface area contributed by atoms with Crippen molar-refractivity contribution in [3.8, 4) is 5.75 Å². The zero-order chi connectivity index (χ0) is 30.0. The van der Waals surface area contributed by atoms with Crippen LogP contribution in [-0.4, -0.2) is 61.5 Å². The zero-order valence-electron chi connectivity index (χ0n) is 23.8. The van der Waals surface area contributed by atoms with E-state index in [-0.39, 0.29) is 24.0 Å². The van der Waals surface area contributed by atoms with Gasteiger partial charge in [-0.2, -0.15) is 13.2 Å². The first kappa shape index (κ1) is 29.7. The fourth-order valence-corrected chi connectivity index (χ4v) is 5.89. The predicted molar refractivity (Wildman–Crippen MR) is 154 cm³/mol. The summed E-state index contributed by atoms with van der Waals surface area (Å²) in [6.45, 7) is 2.36. The van der Waals surface area contributed by atoms with E-state index in [0.717, 1.165) is 11.6 Å². The lowest BCUT2D eigenvalue weighted by Gasteiger charge is -2.25. The van der Waals surface area contributed by atoms with Gasteiger partial charge in [0.05, 0.1) is 43.1 Å². The van der Waals surface area contributed by atoms with Gasteiger partial charge in [-0.15, -0.1) is 0 Å². The minimum absolute atomic E-state index is 0.0151. The molecule has 2 heterocycles. The predicted octanol–water partition coefficient (Wildman–Crippen LogP) is 5.55. The number of ether oxygens (including phenoxy) is 2. The minimum atomic E-state index is -4.57. The Bertz CT molecular complexity index is 1610. The molecule has 4 aromatic rings. The van der Waals surface area contributed by atoms with E-state index >= 15 is 4.39 Å². The van der Waals surface area contributed by atoms with Gasteiger partial charge in [-0.3, -0.25) is 14.0 Å². The number of alkyl halides is 3. The number of hydrogen-bond acceptors (Lipinski definition) is 5. The molecule has 1 aliphatic rings. The number of hydrogen-bond donors (Lipinski definition) is 0. The Labute approximate surface area is 241 Å². The van der Waals surface area contributed by atoms with Gasteiger partial charge in [0.15, 0.2) is 0 Å². The molecule has 1 aliphatic heterocycles. The van der Waals surface area contributed by atoms with Crippen LogP contribution in [0.15, 0.2) is 65.5 Å². The smallest absolute Gasteiger partial charge is 0.416 e. The molecule has 1 atom stereocenters. The fourth-order valence-electron chi connectivity index (χ4n) is 5.89. The highest BCUT2D eigenvalue weighted by atomic mass is 19.4. The second-order valence-corrected chi connectivity index (χ2v) is 10.6. The highest BCUT2D eigenvalue weighted by molar-refractivity contribution is 5.83. The van der Waals surface area contributed by atoms with Crippen molar-refractivity contribution in [3.63, 3.8) is 0 Å². The summed E-state index contributed by atoms with van der Waals surface area (Å²) in [7, 11) is 5.04. The third-order valence-electron chi connectivity index (χ3n) is 7.85. The van der Waals surface area contributed by atoms with Gasteiger partial charge in [0, 0.05) is 33.3 Å². The van der Waals surface area contributed by atoms with Crippen LogP contribution in [0.5, 0.6) is 5.75 Å². The number of anilines is 1. The van der Waals surface area contributed by atoms with Crippen molar-refractivity contribution < 1.29 is 27.0 Å². The van der Waals surface area contributed by atoms with Crippen LogP contribution in [0.3, 0.4) is 0 Å². The summed E-state index contributed by atoms with van der Waals surface area (Å²) in [5, 5.41) is 0. The molecule has 11 heteroatoms. The third-order valence-corrected chi connectivity index (χ3v) is 7.85. The van der Waals surface area contributed by atoms with Crippen LogP contribution in [0, 0.1) is 5.82 Å². The zero-order valence-corrected chi connectivity index (χ0v) is 23.8. The number of nitrogens with zero attached hydrogens (tertiary/aromatic N) is 4. The van der Waals surface area contributed by atoms with Crippen molar-refractivity contribution in [2.75, 3.05) is 52.4 Å². The number of likely N-dealkylation sites (N-methyl/N-ethyl adjacent to an activating group) is 1. The first-order valence-corrected chi connectivity index (χ1v) is 13.8. The van der Waals surface area contributed by atoms with Crippen molar-refractivity contribution in [1.29, 1.82) is 0 Å². The van der Waals surface area contributed by atoms with Crippen LogP contribution in [0.4, 0.5) is 23.2 Å². The first-order chi connectivity index (χ1) is 20.1. The summed E-state index contributed by atoms with van der Waals surface area (Å²) in [5.74, 6) is 0.0478. The number of aromatic nitrogens is 2. The maximum absolute atomic E-state index is 15.3. The van der Waals surface area contributed by atoms with Gasteiger partial charge >= 0.3 is 11.9 Å². The summed E-state index contributed by atoms with van der Waals surface area (Å²) in [5.41, 5.74) is 1.06. The van der Waals surface area contributed by atoms with E-state index in [4.69, 9.17) is 9.47 Å². The molecule has 224 valence electrons. The molecule has 0 spiro atoms. The topological polar surface area (TPSA) is 51.9 Å². The Morgan fingerprint density at radius 1 is 1.00 bits per heavy atom. The maximum Gasteiger partial charge on any atom is 0.416 e. The van der Waals surface area contributed by atoms with Gasteiger partial charge in [-0.1, -0.05) is 36.4 Å². The van der Waals surface area contributed by atoms with Gasteiger partial charge in [0.25, 0.3) is 0 Å². The molecule has 1 fully saturated rings. The molecule has 1 saturated heterocycles. The molecular weight excluding hydrogens is 552 g/mol. The lowest BCUT2D eigenvalue weighted by molar-refractivity contribution is -0.138. The number of benzene rings is 3. The van der Waals surface area contributed by atoms with Gasteiger partial charge in [-0.25, -0.2) is 9.18 Å². The molecule has 1 aromatic heterocycles. The monoisotopic (exact) mass is 586 g/mol. The van der Waals surface area contributed by atoms with Gasteiger partial charge < -0.3 is 14.4 Å². The summed E-state index contributed by atoms with van der Waals surface area (Å²) >= 11 is 0. The molecule has 0 bridgehead atoms. The summed E-state index contributed by atoms with van der Waals surface area (Å²) in [4.78, 5) is 18.0. The van der Waals surface area contributed by atoms with Crippen molar-refractivity contribution >= 4 is 16.7 Å². The molecule has 3 aromatic carbocycles. The van der Waals surface area contributed by atoms with E-state index in [1.54, 1.807) is 35.9 Å². The fraction of sp³-hybridized carbons (Fsp3) is 0.387. The molecule has 42 heavy (non-hydrogen) atoms. The number of fused-ring (bicyclic) bond motifs is 1. The third kappa shape index (κ3) is 5.76.